The van der Waals surface area contributed by atoms with Gasteiger partial charge in [0.2, 0.25) is 0 Å². The van der Waals surface area contributed by atoms with Gasteiger partial charge in [-0.2, -0.15) is 0 Å². The molecule has 0 unspecified atom stereocenters. The number of anilines is 2. The molecule has 0 saturated carbocycles. The summed E-state index contributed by atoms with van der Waals surface area (Å²) in [5.74, 6) is -0.212. The summed E-state index contributed by atoms with van der Waals surface area (Å²) < 4.78 is 0.576. The Morgan fingerprint density at radius 1 is 1.33 bits per heavy atom. The van der Waals surface area contributed by atoms with Gasteiger partial charge in [0.05, 0.1) is 19.9 Å². The van der Waals surface area contributed by atoms with Crippen LogP contribution in [0.15, 0.2) is 24.3 Å². The van der Waals surface area contributed by atoms with E-state index < -0.39 is 0 Å². The van der Waals surface area contributed by atoms with Crippen LogP contribution in [0.2, 0.25) is 9.36 Å². The quantitative estimate of drug-likeness (QED) is 0.817. The van der Waals surface area contributed by atoms with Crippen molar-refractivity contribution in [3.8, 4) is 0 Å². The van der Waals surface area contributed by atoms with Gasteiger partial charge in [-0.25, -0.2) is 0 Å². The zero-order chi connectivity index (χ0) is 13.3. The summed E-state index contributed by atoms with van der Waals surface area (Å²) in [6.45, 7) is 1.85. The Hall–Kier alpha value is -1.23. The summed E-state index contributed by atoms with van der Waals surface area (Å²) in [6.07, 6.45) is 0. The van der Waals surface area contributed by atoms with E-state index in [0.29, 0.717) is 25.6 Å². The molecular weight excluding hydrogens is 291 g/mol. The molecule has 6 heteroatoms. The highest BCUT2D eigenvalue weighted by Crippen LogP contribution is 2.28. The lowest BCUT2D eigenvalue weighted by Gasteiger charge is -2.09. The number of benzene rings is 1. The van der Waals surface area contributed by atoms with Crippen molar-refractivity contribution in [1.82, 2.24) is 0 Å². The van der Waals surface area contributed by atoms with Crippen LogP contribution in [0.1, 0.15) is 15.2 Å². The fourth-order valence-corrected chi connectivity index (χ4v) is 2.56. The summed E-state index contributed by atoms with van der Waals surface area (Å²) in [4.78, 5) is 12.5. The number of aryl methyl sites for hydroxylation is 1. The topological polar surface area (TPSA) is 55.1 Å². The molecule has 18 heavy (non-hydrogen) atoms. The molecule has 3 N–H and O–H groups in total. The average molecular weight is 301 g/mol. The van der Waals surface area contributed by atoms with Crippen molar-refractivity contribution in [1.29, 1.82) is 0 Å². The molecule has 0 radical (unpaired) electrons. The zero-order valence-corrected chi connectivity index (χ0v) is 11.8. The largest absolute Gasteiger partial charge is 0.398 e. The van der Waals surface area contributed by atoms with Crippen LogP contribution in [0, 0.1) is 6.92 Å². The normalized spacial score (nSPS) is 10.4. The molecule has 0 bridgehead atoms. The number of thiophene rings is 1. The Bertz CT molecular complexity index is 610. The highest BCUT2D eigenvalue weighted by atomic mass is 35.5. The molecule has 0 aliphatic carbocycles. The van der Waals surface area contributed by atoms with Gasteiger partial charge in [0, 0.05) is 5.69 Å². The van der Waals surface area contributed by atoms with Gasteiger partial charge in [0.1, 0.15) is 0 Å². The Kier molecular flexibility index (Phi) is 3.80. The first-order valence-electron chi connectivity index (χ1n) is 5.09. The molecule has 1 amide bonds. The third-order valence-corrected chi connectivity index (χ3v) is 3.95. The molecule has 1 aromatic carbocycles. The summed E-state index contributed by atoms with van der Waals surface area (Å²) in [5.41, 5.74) is 7.66. The van der Waals surface area contributed by atoms with E-state index in [-0.39, 0.29) is 5.91 Å². The van der Waals surface area contributed by atoms with Gasteiger partial charge in [-0.15, -0.1) is 11.3 Å². The number of amides is 1. The fourth-order valence-electron chi connectivity index (χ4n) is 1.46. The lowest BCUT2D eigenvalue weighted by atomic mass is 10.2. The maximum absolute atomic E-state index is 11.9. The number of hydrogen-bond acceptors (Lipinski definition) is 3. The van der Waals surface area contributed by atoms with Crippen molar-refractivity contribution in [3.05, 3.63) is 44.1 Å². The molecule has 2 aromatic rings. The van der Waals surface area contributed by atoms with E-state index in [0.717, 1.165) is 5.56 Å². The molecule has 0 spiro atoms. The molecule has 1 heterocycles. The van der Waals surface area contributed by atoms with E-state index in [9.17, 15) is 4.79 Å². The summed E-state index contributed by atoms with van der Waals surface area (Å²) in [6, 6.07) is 6.72. The second-order valence-corrected chi connectivity index (χ2v) is 5.87. The van der Waals surface area contributed by atoms with Crippen LogP contribution in [0.4, 0.5) is 11.4 Å². The Morgan fingerprint density at radius 3 is 2.67 bits per heavy atom. The molecule has 0 atom stereocenters. The summed E-state index contributed by atoms with van der Waals surface area (Å²) in [7, 11) is 0. The van der Waals surface area contributed by atoms with Crippen molar-refractivity contribution < 1.29 is 4.79 Å². The van der Waals surface area contributed by atoms with Crippen molar-refractivity contribution >= 4 is 51.8 Å². The third-order valence-electron chi connectivity index (χ3n) is 2.39. The number of halogens is 2. The minimum Gasteiger partial charge on any atom is -0.398 e. The minimum atomic E-state index is -0.212. The monoisotopic (exact) mass is 300 g/mol. The Labute approximate surface area is 119 Å². The van der Waals surface area contributed by atoms with Gasteiger partial charge in [0.15, 0.2) is 0 Å². The second-order valence-electron chi connectivity index (χ2n) is 3.75. The smallest absolute Gasteiger partial charge is 0.265 e. The minimum absolute atomic E-state index is 0.212. The lowest BCUT2D eigenvalue weighted by molar-refractivity contribution is 0.103. The van der Waals surface area contributed by atoms with E-state index in [2.05, 4.69) is 5.32 Å². The van der Waals surface area contributed by atoms with Crippen LogP contribution in [0.3, 0.4) is 0 Å². The van der Waals surface area contributed by atoms with E-state index >= 15 is 0 Å². The van der Waals surface area contributed by atoms with E-state index in [4.69, 9.17) is 28.9 Å². The predicted molar refractivity (Wildman–Crippen MR) is 77.9 cm³/mol. The molecule has 0 fully saturated rings. The second kappa shape index (κ2) is 5.18. The first-order valence-corrected chi connectivity index (χ1v) is 6.67. The van der Waals surface area contributed by atoms with Crippen molar-refractivity contribution in [2.75, 3.05) is 11.1 Å². The fraction of sp³-hybridized carbons (Fsp3) is 0.0833. The van der Waals surface area contributed by atoms with Crippen molar-refractivity contribution in [2.45, 2.75) is 6.92 Å². The third kappa shape index (κ3) is 2.77. The van der Waals surface area contributed by atoms with Gasteiger partial charge in [0.25, 0.3) is 5.91 Å². The number of rotatable bonds is 2. The van der Waals surface area contributed by atoms with Gasteiger partial charge in [-0.1, -0.05) is 23.2 Å². The van der Waals surface area contributed by atoms with Gasteiger partial charge in [-0.3, -0.25) is 4.79 Å². The number of nitrogen functional groups attached to an aromatic ring is 1. The predicted octanol–water partition coefficient (Wildman–Crippen LogP) is 4.20. The molecule has 94 valence electrons. The van der Waals surface area contributed by atoms with Crippen LogP contribution in [0.5, 0.6) is 0 Å². The van der Waals surface area contributed by atoms with Crippen LogP contribution >= 0.6 is 34.5 Å². The van der Waals surface area contributed by atoms with Gasteiger partial charge in [-0.05, 0) is 36.8 Å². The number of carbonyl (C=O) groups is 1. The highest BCUT2D eigenvalue weighted by molar-refractivity contribution is 7.18. The maximum Gasteiger partial charge on any atom is 0.265 e. The van der Waals surface area contributed by atoms with Crippen LogP contribution in [0.25, 0.3) is 0 Å². The molecular formula is C12H10Cl2N2OS. The molecule has 1 aromatic heterocycles. The van der Waals surface area contributed by atoms with Crippen molar-refractivity contribution in [2.24, 2.45) is 0 Å². The molecule has 0 saturated heterocycles. The van der Waals surface area contributed by atoms with E-state index in [1.54, 1.807) is 24.3 Å². The first kappa shape index (κ1) is 13.2. The van der Waals surface area contributed by atoms with E-state index in [1.807, 2.05) is 6.92 Å². The maximum atomic E-state index is 11.9. The molecule has 2 rings (SSSR count). The van der Waals surface area contributed by atoms with Crippen LogP contribution < -0.4 is 11.1 Å². The Balaban J connectivity index is 2.24. The Morgan fingerprint density at radius 2 is 2.06 bits per heavy atom. The molecule has 3 nitrogen and oxygen atoms in total. The standard InChI is InChI=1S/C12H10Cl2N2OS/c1-6-4-8(15)7(13)5-9(6)16-12(17)10-2-3-11(14)18-10/h2-5H,15H2,1H3,(H,16,17). The number of hydrogen-bond donors (Lipinski definition) is 2. The average Bonchev–Trinajstić information content (AvgIpc) is 2.73. The zero-order valence-electron chi connectivity index (χ0n) is 9.46. The number of nitrogens with one attached hydrogen (secondary N) is 1. The summed E-state index contributed by atoms with van der Waals surface area (Å²) >= 11 is 12.9. The summed E-state index contributed by atoms with van der Waals surface area (Å²) in [5, 5.41) is 3.20. The SMILES string of the molecule is Cc1cc(N)c(Cl)cc1NC(=O)c1ccc(Cl)s1. The first-order chi connectivity index (χ1) is 8.47. The molecule has 0 aliphatic rings. The van der Waals surface area contributed by atoms with Gasteiger partial charge >= 0.3 is 0 Å². The van der Waals surface area contributed by atoms with Crippen LogP contribution in [-0.4, -0.2) is 5.91 Å². The van der Waals surface area contributed by atoms with Crippen LogP contribution in [-0.2, 0) is 0 Å². The van der Waals surface area contributed by atoms with Crippen molar-refractivity contribution in [3.63, 3.8) is 0 Å². The number of carbonyl (C=O) groups excluding carboxylic acids is 1. The molecule has 0 aliphatic heterocycles. The highest BCUT2D eigenvalue weighted by Gasteiger charge is 2.11. The van der Waals surface area contributed by atoms with E-state index in [1.165, 1.54) is 11.3 Å². The van der Waals surface area contributed by atoms with Gasteiger partial charge < -0.3 is 11.1 Å². The number of nitrogens with two attached hydrogens (primary N) is 1. The lowest BCUT2D eigenvalue weighted by Crippen LogP contribution is -2.11.